The highest BCUT2D eigenvalue weighted by molar-refractivity contribution is 5.68. The van der Waals surface area contributed by atoms with Gasteiger partial charge in [0.15, 0.2) is 0 Å². The van der Waals surface area contributed by atoms with Crippen molar-refractivity contribution in [2.75, 3.05) is 0 Å². The first-order chi connectivity index (χ1) is 10.5. The molecule has 22 heavy (non-hydrogen) atoms. The molecule has 0 radical (unpaired) electrons. The van der Waals surface area contributed by atoms with Gasteiger partial charge in [0, 0.05) is 6.04 Å². The van der Waals surface area contributed by atoms with Crippen molar-refractivity contribution in [2.24, 2.45) is 11.7 Å². The van der Waals surface area contributed by atoms with Crippen LogP contribution in [0.15, 0.2) is 48.5 Å². The van der Waals surface area contributed by atoms with E-state index >= 15 is 0 Å². The summed E-state index contributed by atoms with van der Waals surface area (Å²) in [6.07, 6.45) is 1.03. The molecular formula is C19H23NO2. The van der Waals surface area contributed by atoms with Crippen LogP contribution in [0, 0.1) is 5.92 Å². The Kier molecular flexibility index (Phi) is 5.34. The summed E-state index contributed by atoms with van der Waals surface area (Å²) in [7, 11) is 0. The Morgan fingerprint density at radius 2 is 1.50 bits per heavy atom. The fourth-order valence-corrected chi connectivity index (χ4v) is 2.53. The highest BCUT2D eigenvalue weighted by atomic mass is 16.4. The van der Waals surface area contributed by atoms with Gasteiger partial charge in [0.2, 0.25) is 0 Å². The van der Waals surface area contributed by atoms with E-state index in [9.17, 15) is 4.79 Å². The minimum Gasteiger partial charge on any atom is -0.481 e. The lowest BCUT2D eigenvalue weighted by Crippen LogP contribution is -2.14. The zero-order chi connectivity index (χ0) is 16.1. The SMILES string of the molecule is CC(C)Cc1ccc(-c2ccc([C@H](N)CC(=O)O)cc2)cc1. The van der Waals surface area contributed by atoms with Gasteiger partial charge in [0.1, 0.15) is 0 Å². The summed E-state index contributed by atoms with van der Waals surface area (Å²) < 4.78 is 0. The van der Waals surface area contributed by atoms with Crippen molar-refractivity contribution >= 4 is 5.97 Å². The second-order valence-electron chi connectivity index (χ2n) is 6.12. The van der Waals surface area contributed by atoms with Crippen LogP contribution in [0.2, 0.25) is 0 Å². The minimum atomic E-state index is -0.877. The lowest BCUT2D eigenvalue weighted by Gasteiger charge is -2.11. The van der Waals surface area contributed by atoms with Crippen molar-refractivity contribution in [3.8, 4) is 11.1 Å². The predicted molar refractivity (Wildman–Crippen MR) is 89.6 cm³/mol. The molecule has 0 heterocycles. The molecule has 2 aromatic rings. The van der Waals surface area contributed by atoms with Crippen molar-refractivity contribution in [1.29, 1.82) is 0 Å². The normalized spacial score (nSPS) is 12.4. The fraction of sp³-hybridized carbons (Fsp3) is 0.316. The Balaban J connectivity index is 2.11. The van der Waals surface area contributed by atoms with Gasteiger partial charge in [-0.1, -0.05) is 62.4 Å². The third kappa shape index (κ3) is 4.43. The van der Waals surface area contributed by atoms with Gasteiger partial charge in [0.05, 0.1) is 6.42 Å². The first kappa shape index (κ1) is 16.2. The number of hydrogen-bond donors (Lipinski definition) is 2. The Hall–Kier alpha value is -2.13. The molecule has 1 atom stereocenters. The van der Waals surface area contributed by atoms with Crippen molar-refractivity contribution < 1.29 is 9.90 Å². The smallest absolute Gasteiger partial charge is 0.305 e. The standard InChI is InChI=1S/C19H23NO2/c1-13(2)11-14-3-5-15(6-4-14)16-7-9-17(10-8-16)18(20)12-19(21)22/h3-10,13,18H,11-12,20H2,1-2H3,(H,21,22)/t18-/m1/s1. The van der Waals surface area contributed by atoms with Crippen LogP contribution in [0.4, 0.5) is 0 Å². The van der Waals surface area contributed by atoms with Crippen LogP contribution < -0.4 is 5.73 Å². The quantitative estimate of drug-likeness (QED) is 0.846. The number of carboxylic acid groups (broad SMARTS) is 1. The van der Waals surface area contributed by atoms with Gasteiger partial charge in [-0.05, 0) is 34.6 Å². The van der Waals surface area contributed by atoms with Crippen molar-refractivity contribution in [2.45, 2.75) is 32.7 Å². The molecule has 0 aliphatic rings. The number of carbonyl (C=O) groups is 1. The third-order valence-corrected chi connectivity index (χ3v) is 3.66. The minimum absolute atomic E-state index is 0.0523. The maximum Gasteiger partial charge on any atom is 0.305 e. The summed E-state index contributed by atoms with van der Waals surface area (Å²) in [5, 5.41) is 8.79. The molecule has 0 bridgehead atoms. The van der Waals surface area contributed by atoms with E-state index in [-0.39, 0.29) is 6.42 Å². The van der Waals surface area contributed by atoms with E-state index in [1.165, 1.54) is 5.56 Å². The van der Waals surface area contributed by atoms with Crippen LogP contribution in [0.1, 0.15) is 37.4 Å². The second kappa shape index (κ2) is 7.23. The summed E-state index contributed by atoms with van der Waals surface area (Å²) in [6.45, 7) is 4.43. The van der Waals surface area contributed by atoms with Gasteiger partial charge in [-0.15, -0.1) is 0 Å². The van der Waals surface area contributed by atoms with Gasteiger partial charge in [-0.2, -0.15) is 0 Å². The van der Waals surface area contributed by atoms with E-state index in [1.54, 1.807) is 0 Å². The number of benzene rings is 2. The van der Waals surface area contributed by atoms with E-state index in [4.69, 9.17) is 10.8 Å². The first-order valence-corrected chi connectivity index (χ1v) is 7.62. The maximum atomic E-state index is 10.7. The Bertz CT molecular complexity index is 615. The van der Waals surface area contributed by atoms with Crippen LogP contribution >= 0.6 is 0 Å². The summed E-state index contributed by atoms with van der Waals surface area (Å²) >= 11 is 0. The zero-order valence-electron chi connectivity index (χ0n) is 13.1. The number of rotatable bonds is 6. The highest BCUT2D eigenvalue weighted by Crippen LogP contribution is 2.23. The van der Waals surface area contributed by atoms with E-state index in [1.807, 2.05) is 24.3 Å². The summed E-state index contributed by atoms with van der Waals surface area (Å²) in [6, 6.07) is 15.9. The lowest BCUT2D eigenvalue weighted by molar-refractivity contribution is -0.137. The molecule has 3 heteroatoms. The van der Waals surface area contributed by atoms with Crippen molar-refractivity contribution in [1.82, 2.24) is 0 Å². The lowest BCUT2D eigenvalue weighted by atomic mass is 9.97. The average molecular weight is 297 g/mol. The molecule has 0 aromatic heterocycles. The largest absolute Gasteiger partial charge is 0.481 e. The number of nitrogens with two attached hydrogens (primary N) is 1. The molecule has 0 fully saturated rings. The van der Waals surface area contributed by atoms with Gasteiger partial charge in [-0.25, -0.2) is 0 Å². The van der Waals surface area contributed by atoms with Crippen LogP contribution in [0.5, 0.6) is 0 Å². The molecule has 0 spiro atoms. The van der Waals surface area contributed by atoms with Gasteiger partial charge < -0.3 is 10.8 Å². The van der Waals surface area contributed by atoms with Crippen molar-refractivity contribution in [3.05, 3.63) is 59.7 Å². The van der Waals surface area contributed by atoms with Gasteiger partial charge >= 0.3 is 5.97 Å². The van der Waals surface area contributed by atoms with Crippen LogP contribution in [0.3, 0.4) is 0 Å². The van der Waals surface area contributed by atoms with Crippen molar-refractivity contribution in [3.63, 3.8) is 0 Å². The highest BCUT2D eigenvalue weighted by Gasteiger charge is 2.10. The number of carboxylic acids is 1. The molecule has 3 N–H and O–H groups in total. The second-order valence-corrected chi connectivity index (χ2v) is 6.12. The number of aliphatic carboxylic acids is 1. The Morgan fingerprint density at radius 1 is 1.00 bits per heavy atom. The molecule has 0 amide bonds. The van der Waals surface area contributed by atoms with E-state index in [0.717, 1.165) is 23.1 Å². The average Bonchev–Trinajstić information content (AvgIpc) is 2.47. The summed E-state index contributed by atoms with van der Waals surface area (Å²) in [5.74, 6) is -0.224. The molecule has 0 unspecified atom stereocenters. The molecule has 2 rings (SSSR count). The predicted octanol–water partition coefficient (Wildman–Crippen LogP) is 4.03. The summed E-state index contributed by atoms with van der Waals surface area (Å²) in [4.78, 5) is 10.7. The molecule has 0 saturated heterocycles. The maximum absolute atomic E-state index is 10.7. The van der Waals surface area contributed by atoms with Gasteiger partial charge in [0.25, 0.3) is 0 Å². The first-order valence-electron chi connectivity index (χ1n) is 7.62. The molecule has 0 aliphatic carbocycles. The molecular weight excluding hydrogens is 274 g/mol. The number of hydrogen-bond acceptors (Lipinski definition) is 2. The third-order valence-electron chi connectivity index (χ3n) is 3.66. The molecule has 116 valence electrons. The van der Waals surface area contributed by atoms with Gasteiger partial charge in [-0.3, -0.25) is 4.79 Å². The summed E-state index contributed by atoms with van der Waals surface area (Å²) in [5.41, 5.74) is 10.3. The molecule has 2 aromatic carbocycles. The Labute approximate surface area is 131 Å². The van der Waals surface area contributed by atoms with E-state index < -0.39 is 12.0 Å². The van der Waals surface area contributed by atoms with E-state index in [2.05, 4.69) is 38.1 Å². The zero-order valence-corrected chi connectivity index (χ0v) is 13.1. The fourth-order valence-electron chi connectivity index (χ4n) is 2.53. The Morgan fingerprint density at radius 3 is 1.95 bits per heavy atom. The van der Waals surface area contributed by atoms with E-state index in [0.29, 0.717) is 5.92 Å². The van der Waals surface area contributed by atoms with Crippen LogP contribution in [0.25, 0.3) is 11.1 Å². The topological polar surface area (TPSA) is 63.3 Å². The monoisotopic (exact) mass is 297 g/mol. The van der Waals surface area contributed by atoms with Crippen LogP contribution in [-0.2, 0) is 11.2 Å². The molecule has 3 nitrogen and oxygen atoms in total. The molecule has 0 aliphatic heterocycles. The van der Waals surface area contributed by atoms with Crippen LogP contribution in [-0.4, -0.2) is 11.1 Å². The molecule has 0 saturated carbocycles.